The molecule has 4 heterocycles. The zero-order chi connectivity index (χ0) is 18.9. The number of H-pyrrole nitrogens is 1. The Hall–Kier alpha value is -2.18. The topological polar surface area (TPSA) is 67.8 Å². The first-order valence-corrected chi connectivity index (χ1v) is 10.6. The summed E-state index contributed by atoms with van der Waals surface area (Å²) in [6, 6.07) is 3.65. The number of aryl methyl sites for hydroxylation is 1. The van der Waals surface area contributed by atoms with Crippen molar-refractivity contribution >= 4 is 11.0 Å². The smallest absolute Gasteiger partial charge is 0.137 e. The summed E-state index contributed by atoms with van der Waals surface area (Å²) in [5.41, 5.74) is 4.66. The van der Waals surface area contributed by atoms with Gasteiger partial charge >= 0.3 is 0 Å². The molecule has 0 atom stereocenters. The maximum Gasteiger partial charge on any atom is 0.137 e. The maximum absolute atomic E-state index is 5.48. The third-order valence-electron chi connectivity index (χ3n) is 6.46. The minimum Gasteiger partial charge on any atom is -0.381 e. The molecule has 148 valence electrons. The predicted octanol–water partition coefficient (Wildman–Crippen LogP) is 3.76. The molecule has 1 aliphatic carbocycles. The SMILES string of the molecule is Cn1cc(-c2c[nH]c3ncc([C@H]4CC[C@H](NC5CCOCC5)CC4)cc23)cn1. The van der Waals surface area contributed by atoms with E-state index in [1.807, 2.05) is 24.1 Å². The van der Waals surface area contributed by atoms with Crippen molar-refractivity contribution in [2.24, 2.45) is 7.05 Å². The van der Waals surface area contributed by atoms with Crippen molar-refractivity contribution in [3.05, 3.63) is 36.4 Å². The molecule has 3 aromatic rings. The van der Waals surface area contributed by atoms with Gasteiger partial charge in [0.25, 0.3) is 0 Å². The minimum absolute atomic E-state index is 0.612. The number of aromatic amines is 1. The summed E-state index contributed by atoms with van der Waals surface area (Å²) >= 11 is 0. The van der Waals surface area contributed by atoms with E-state index in [0.29, 0.717) is 18.0 Å². The van der Waals surface area contributed by atoms with Crippen molar-refractivity contribution in [1.29, 1.82) is 0 Å². The van der Waals surface area contributed by atoms with E-state index in [4.69, 9.17) is 9.72 Å². The Bertz CT molecular complexity index is 931. The fourth-order valence-corrected chi connectivity index (χ4v) is 4.83. The van der Waals surface area contributed by atoms with E-state index >= 15 is 0 Å². The van der Waals surface area contributed by atoms with Gasteiger partial charge in [-0.1, -0.05) is 0 Å². The fourth-order valence-electron chi connectivity index (χ4n) is 4.83. The molecule has 0 bridgehead atoms. The highest BCUT2D eigenvalue weighted by Gasteiger charge is 2.25. The third kappa shape index (κ3) is 3.59. The van der Waals surface area contributed by atoms with Crippen LogP contribution in [-0.4, -0.2) is 45.0 Å². The molecule has 5 rings (SSSR count). The van der Waals surface area contributed by atoms with Gasteiger partial charge in [-0.25, -0.2) is 4.98 Å². The molecule has 28 heavy (non-hydrogen) atoms. The standard InChI is InChI=1S/C22H29N5O/c1-27-14-17(12-25-27)21-13-24-22-20(21)10-16(11-23-22)15-2-4-18(5-3-15)26-19-6-8-28-9-7-19/h10-15,18-19,26H,2-9H2,1H3,(H,23,24)/t15-,18-. The number of pyridine rings is 1. The molecule has 0 unspecified atom stereocenters. The molecular weight excluding hydrogens is 350 g/mol. The summed E-state index contributed by atoms with van der Waals surface area (Å²) in [6.07, 6.45) is 15.4. The first-order chi connectivity index (χ1) is 13.8. The second-order valence-electron chi connectivity index (χ2n) is 8.37. The van der Waals surface area contributed by atoms with Crippen LogP contribution in [0.2, 0.25) is 0 Å². The summed E-state index contributed by atoms with van der Waals surface area (Å²) in [4.78, 5) is 8.02. The third-order valence-corrected chi connectivity index (χ3v) is 6.46. The normalized spacial score (nSPS) is 24.0. The lowest BCUT2D eigenvalue weighted by Gasteiger charge is -2.33. The van der Waals surface area contributed by atoms with Crippen molar-refractivity contribution in [2.45, 2.75) is 56.5 Å². The van der Waals surface area contributed by atoms with Gasteiger partial charge in [0.15, 0.2) is 0 Å². The van der Waals surface area contributed by atoms with Crippen molar-refractivity contribution in [2.75, 3.05) is 13.2 Å². The van der Waals surface area contributed by atoms with Crippen LogP contribution in [0.4, 0.5) is 0 Å². The van der Waals surface area contributed by atoms with Crippen LogP contribution in [0.5, 0.6) is 0 Å². The highest BCUT2D eigenvalue weighted by Crippen LogP contribution is 2.36. The minimum atomic E-state index is 0.612. The van der Waals surface area contributed by atoms with Crippen LogP contribution in [0.3, 0.4) is 0 Å². The van der Waals surface area contributed by atoms with Crippen molar-refractivity contribution in [3.8, 4) is 11.1 Å². The largest absolute Gasteiger partial charge is 0.381 e. The number of rotatable bonds is 4. The van der Waals surface area contributed by atoms with Crippen LogP contribution in [0.25, 0.3) is 22.2 Å². The lowest BCUT2D eigenvalue weighted by atomic mass is 9.81. The second-order valence-corrected chi connectivity index (χ2v) is 8.37. The van der Waals surface area contributed by atoms with Gasteiger partial charge in [0, 0.05) is 67.4 Å². The number of ether oxygens (including phenoxy) is 1. The van der Waals surface area contributed by atoms with Gasteiger partial charge in [0.05, 0.1) is 6.20 Å². The highest BCUT2D eigenvalue weighted by atomic mass is 16.5. The molecule has 3 aromatic heterocycles. The summed E-state index contributed by atoms with van der Waals surface area (Å²) in [6.45, 7) is 1.82. The number of fused-ring (bicyclic) bond motifs is 1. The van der Waals surface area contributed by atoms with Gasteiger partial charge in [-0.05, 0) is 56.1 Å². The van der Waals surface area contributed by atoms with Gasteiger partial charge in [-0.15, -0.1) is 0 Å². The van der Waals surface area contributed by atoms with Crippen LogP contribution < -0.4 is 5.32 Å². The number of nitrogens with one attached hydrogen (secondary N) is 2. The fraction of sp³-hybridized carbons (Fsp3) is 0.545. The molecule has 0 aromatic carbocycles. The van der Waals surface area contributed by atoms with E-state index in [1.54, 1.807) is 0 Å². The van der Waals surface area contributed by atoms with E-state index in [2.05, 4.69) is 33.9 Å². The van der Waals surface area contributed by atoms with Crippen LogP contribution in [-0.2, 0) is 11.8 Å². The average Bonchev–Trinajstić information content (AvgIpc) is 3.35. The highest BCUT2D eigenvalue weighted by molar-refractivity contribution is 5.93. The maximum atomic E-state index is 5.48. The molecule has 0 radical (unpaired) electrons. The van der Waals surface area contributed by atoms with E-state index in [1.165, 1.54) is 42.2 Å². The Morgan fingerprint density at radius 3 is 2.61 bits per heavy atom. The number of hydrogen-bond donors (Lipinski definition) is 2. The number of nitrogens with zero attached hydrogens (tertiary/aromatic N) is 3. The van der Waals surface area contributed by atoms with Gasteiger partial charge in [0.1, 0.15) is 5.65 Å². The van der Waals surface area contributed by atoms with Gasteiger partial charge in [-0.3, -0.25) is 4.68 Å². The lowest BCUT2D eigenvalue weighted by Crippen LogP contribution is -2.43. The predicted molar refractivity (Wildman–Crippen MR) is 110 cm³/mol. The molecule has 6 nitrogen and oxygen atoms in total. The molecule has 2 N–H and O–H groups in total. The molecule has 0 amide bonds. The summed E-state index contributed by atoms with van der Waals surface area (Å²) in [5.74, 6) is 0.612. The molecule has 2 aliphatic rings. The van der Waals surface area contributed by atoms with E-state index in [9.17, 15) is 0 Å². The van der Waals surface area contributed by atoms with Crippen molar-refractivity contribution in [1.82, 2.24) is 25.1 Å². The van der Waals surface area contributed by atoms with Crippen molar-refractivity contribution in [3.63, 3.8) is 0 Å². The molecule has 6 heteroatoms. The van der Waals surface area contributed by atoms with Gasteiger partial charge in [0.2, 0.25) is 0 Å². The van der Waals surface area contributed by atoms with Crippen molar-refractivity contribution < 1.29 is 4.74 Å². The van der Waals surface area contributed by atoms with E-state index < -0.39 is 0 Å². The monoisotopic (exact) mass is 379 g/mol. The Morgan fingerprint density at radius 2 is 1.86 bits per heavy atom. The zero-order valence-corrected chi connectivity index (χ0v) is 16.5. The summed E-state index contributed by atoms with van der Waals surface area (Å²) in [7, 11) is 1.95. The zero-order valence-electron chi connectivity index (χ0n) is 16.5. The Labute approximate surface area is 165 Å². The van der Waals surface area contributed by atoms with Crippen LogP contribution in [0.15, 0.2) is 30.9 Å². The average molecular weight is 380 g/mol. The van der Waals surface area contributed by atoms with Crippen LogP contribution >= 0.6 is 0 Å². The first kappa shape index (κ1) is 17.9. The quantitative estimate of drug-likeness (QED) is 0.724. The Kier molecular flexibility index (Phi) is 4.91. The van der Waals surface area contributed by atoms with Gasteiger partial charge in [-0.2, -0.15) is 5.10 Å². The van der Waals surface area contributed by atoms with Gasteiger partial charge < -0.3 is 15.0 Å². The summed E-state index contributed by atoms with van der Waals surface area (Å²) < 4.78 is 7.33. The molecule has 1 saturated carbocycles. The van der Waals surface area contributed by atoms with Crippen LogP contribution in [0.1, 0.15) is 50.0 Å². The van der Waals surface area contributed by atoms with E-state index in [-0.39, 0.29) is 0 Å². The molecule has 2 fully saturated rings. The lowest BCUT2D eigenvalue weighted by molar-refractivity contribution is 0.0729. The van der Waals surface area contributed by atoms with E-state index in [0.717, 1.165) is 37.3 Å². The molecule has 1 saturated heterocycles. The second kappa shape index (κ2) is 7.68. The number of aromatic nitrogens is 4. The Morgan fingerprint density at radius 1 is 1.07 bits per heavy atom. The Balaban J connectivity index is 1.29. The molecule has 0 spiro atoms. The molecule has 1 aliphatic heterocycles. The molecular formula is C22H29N5O. The first-order valence-electron chi connectivity index (χ1n) is 10.6. The van der Waals surface area contributed by atoms with Crippen LogP contribution in [0, 0.1) is 0 Å². The summed E-state index contributed by atoms with van der Waals surface area (Å²) in [5, 5.41) is 9.40. The number of hydrogen-bond acceptors (Lipinski definition) is 4.